The van der Waals surface area contributed by atoms with Crippen molar-refractivity contribution in [3.05, 3.63) is 59.4 Å². The van der Waals surface area contributed by atoms with Gasteiger partial charge in [0.2, 0.25) is 0 Å². The van der Waals surface area contributed by atoms with Crippen molar-refractivity contribution in [3.8, 4) is 17.1 Å². The molecule has 0 saturated carbocycles. The molecule has 1 fully saturated rings. The molecule has 0 atom stereocenters. The third-order valence-corrected chi connectivity index (χ3v) is 5.54. The number of aliphatic imine (C=N–C) groups is 1. The molecule has 0 radical (unpaired) electrons. The summed E-state index contributed by atoms with van der Waals surface area (Å²) in [6.07, 6.45) is 1.29. The Morgan fingerprint density at radius 2 is 1.91 bits per heavy atom. The number of rotatable bonds is 6. The lowest BCUT2D eigenvalue weighted by molar-refractivity contribution is 0.0128. The third kappa shape index (κ3) is 5.12. The highest BCUT2D eigenvalue weighted by atomic mass is 19.3. The van der Waals surface area contributed by atoms with Crippen LogP contribution in [0.5, 0.6) is 5.88 Å². The predicted octanol–water partition coefficient (Wildman–Crippen LogP) is 3.84. The molecule has 8 nitrogen and oxygen atoms in total. The monoisotopic (exact) mass is 468 g/mol. The number of hydrogen-bond acceptors (Lipinski definition) is 7. The molecule has 0 aliphatic carbocycles. The van der Waals surface area contributed by atoms with Crippen molar-refractivity contribution < 1.29 is 18.3 Å². The second-order valence-corrected chi connectivity index (χ2v) is 8.04. The van der Waals surface area contributed by atoms with Gasteiger partial charge in [0, 0.05) is 37.3 Å². The molecule has 10 heteroatoms. The maximum atomic E-state index is 13.6. The molecule has 1 saturated heterocycles. The maximum Gasteiger partial charge on any atom is 0.287 e. The summed E-state index contributed by atoms with van der Waals surface area (Å²) >= 11 is 0. The van der Waals surface area contributed by atoms with Crippen molar-refractivity contribution in [2.75, 3.05) is 38.3 Å². The minimum atomic E-state index is -3.07. The molecule has 3 aromatic rings. The first-order valence-corrected chi connectivity index (χ1v) is 10.8. The van der Waals surface area contributed by atoms with E-state index in [0.717, 1.165) is 36.8 Å². The van der Waals surface area contributed by atoms with Crippen LogP contribution in [0.3, 0.4) is 0 Å². The van der Waals surface area contributed by atoms with Crippen LogP contribution < -0.4 is 15.4 Å². The number of halogens is 2. The average molecular weight is 469 g/mol. The van der Waals surface area contributed by atoms with Gasteiger partial charge in [0.05, 0.1) is 31.7 Å². The molecule has 1 aromatic carbocycles. The largest absolute Gasteiger partial charge is 0.478 e. The van der Waals surface area contributed by atoms with Gasteiger partial charge in [0.1, 0.15) is 17.2 Å². The number of methoxy groups -OCH3 is 1. The summed E-state index contributed by atoms with van der Waals surface area (Å²) in [5.41, 5.74) is 10.1. The Labute approximate surface area is 196 Å². The SMILES string of the molecule is COc1nnc(-c2cc(C(N)=Nc3ccnc(C(C)(F)F)c3)ccc2C)cc1N1CCOCC1. The Hall–Kier alpha value is -3.66. The molecule has 0 unspecified atom stereocenters. The number of ether oxygens (including phenoxy) is 2. The molecular weight excluding hydrogens is 442 g/mol. The molecule has 1 aliphatic rings. The lowest BCUT2D eigenvalue weighted by Gasteiger charge is -2.29. The van der Waals surface area contributed by atoms with Gasteiger partial charge < -0.3 is 20.1 Å². The van der Waals surface area contributed by atoms with E-state index in [1.807, 2.05) is 31.2 Å². The van der Waals surface area contributed by atoms with Crippen LogP contribution in [-0.4, -0.2) is 54.4 Å². The van der Waals surface area contributed by atoms with Crippen LogP contribution in [-0.2, 0) is 10.7 Å². The van der Waals surface area contributed by atoms with Crippen LogP contribution in [0.4, 0.5) is 20.2 Å². The van der Waals surface area contributed by atoms with Gasteiger partial charge >= 0.3 is 0 Å². The van der Waals surface area contributed by atoms with E-state index in [1.54, 1.807) is 7.11 Å². The average Bonchev–Trinajstić information content (AvgIpc) is 2.84. The molecule has 4 rings (SSSR count). The minimum Gasteiger partial charge on any atom is -0.478 e. The Morgan fingerprint density at radius 3 is 2.62 bits per heavy atom. The van der Waals surface area contributed by atoms with Gasteiger partial charge in [0.15, 0.2) is 0 Å². The van der Waals surface area contributed by atoms with Gasteiger partial charge in [-0.3, -0.25) is 4.98 Å². The molecule has 34 heavy (non-hydrogen) atoms. The molecule has 0 amide bonds. The molecule has 2 N–H and O–H groups in total. The van der Waals surface area contributed by atoms with Gasteiger partial charge in [-0.15, -0.1) is 10.2 Å². The number of aromatic nitrogens is 3. The van der Waals surface area contributed by atoms with E-state index in [0.29, 0.717) is 36.0 Å². The molecule has 2 aromatic heterocycles. The fraction of sp³-hybridized carbons (Fsp3) is 0.333. The van der Waals surface area contributed by atoms with Gasteiger partial charge in [0.25, 0.3) is 11.8 Å². The van der Waals surface area contributed by atoms with E-state index in [1.165, 1.54) is 18.3 Å². The normalized spacial score (nSPS) is 14.9. The number of nitrogens with zero attached hydrogens (tertiary/aromatic N) is 5. The molecule has 178 valence electrons. The van der Waals surface area contributed by atoms with Gasteiger partial charge in [-0.1, -0.05) is 12.1 Å². The topological polar surface area (TPSA) is 98.8 Å². The fourth-order valence-corrected chi connectivity index (χ4v) is 3.67. The van der Waals surface area contributed by atoms with Crippen LogP contribution >= 0.6 is 0 Å². The zero-order chi connectivity index (χ0) is 24.3. The van der Waals surface area contributed by atoms with E-state index in [-0.39, 0.29) is 11.5 Å². The highest BCUT2D eigenvalue weighted by Crippen LogP contribution is 2.32. The summed E-state index contributed by atoms with van der Waals surface area (Å²) in [5.74, 6) is -2.43. The number of anilines is 1. The van der Waals surface area contributed by atoms with Crippen molar-refractivity contribution in [2.24, 2.45) is 10.7 Å². The zero-order valence-electron chi connectivity index (χ0n) is 19.3. The zero-order valence-corrected chi connectivity index (χ0v) is 19.3. The molecule has 1 aliphatic heterocycles. The fourth-order valence-electron chi connectivity index (χ4n) is 3.67. The maximum absolute atomic E-state index is 13.6. The van der Waals surface area contributed by atoms with Gasteiger partial charge in [-0.2, -0.15) is 8.78 Å². The van der Waals surface area contributed by atoms with Crippen LogP contribution in [0, 0.1) is 6.92 Å². The van der Waals surface area contributed by atoms with Crippen molar-refractivity contribution in [3.63, 3.8) is 0 Å². The van der Waals surface area contributed by atoms with E-state index >= 15 is 0 Å². The first kappa shape index (κ1) is 23.5. The predicted molar refractivity (Wildman–Crippen MR) is 126 cm³/mol. The summed E-state index contributed by atoms with van der Waals surface area (Å²) < 4.78 is 38.1. The van der Waals surface area contributed by atoms with E-state index in [4.69, 9.17) is 15.2 Å². The number of benzene rings is 1. The number of nitrogens with two attached hydrogens (primary N) is 1. The van der Waals surface area contributed by atoms with Crippen molar-refractivity contribution in [2.45, 2.75) is 19.8 Å². The summed E-state index contributed by atoms with van der Waals surface area (Å²) in [6, 6.07) is 10.3. The third-order valence-electron chi connectivity index (χ3n) is 5.54. The lowest BCUT2D eigenvalue weighted by atomic mass is 10.0. The highest BCUT2D eigenvalue weighted by molar-refractivity contribution is 6.00. The number of pyridine rings is 1. The second kappa shape index (κ2) is 9.68. The number of morpholine rings is 1. The Morgan fingerprint density at radius 1 is 1.15 bits per heavy atom. The minimum absolute atomic E-state index is 0.188. The van der Waals surface area contributed by atoms with Crippen LogP contribution in [0.15, 0.2) is 47.6 Å². The van der Waals surface area contributed by atoms with Gasteiger partial charge in [-0.05, 0) is 36.8 Å². The lowest BCUT2D eigenvalue weighted by Crippen LogP contribution is -2.36. The summed E-state index contributed by atoms with van der Waals surface area (Å²) in [4.78, 5) is 10.2. The summed E-state index contributed by atoms with van der Waals surface area (Å²) in [7, 11) is 1.57. The number of hydrogen-bond donors (Lipinski definition) is 1. The van der Waals surface area contributed by atoms with Crippen molar-refractivity contribution in [1.29, 1.82) is 0 Å². The number of amidine groups is 1. The molecular formula is C24H26F2N6O2. The van der Waals surface area contributed by atoms with Crippen molar-refractivity contribution in [1.82, 2.24) is 15.2 Å². The Kier molecular flexibility index (Phi) is 6.69. The quantitative estimate of drug-likeness (QED) is 0.433. The molecule has 3 heterocycles. The van der Waals surface area contributed by atoms with Gasteiger partial charge in [-0.25, -0.2) is 4.99 Å². The van der Waals surface area contributed by atoms with Crippen LogP contribution in [0.1, 0.15) is 23.7 Å². The summed E-state index contributed by atoms with van der Waals surface area (Å²) in [6.45, 7) is 5.46. The van der Waals surface area contributed by atoms with Crippen LogP contribution in [0.25, 0.3) is 11.3 Å². The Bertz CT molecular complexity index is 1210. The smallest absolute Gasteiger partial charge is 0.287 e. The van der Waals surface area contributed by atoms with Crippen LogP contribution in [0.2, 0.25) is 0 Å². The number of alkyl halides is 2. The van der Waals surface area contributed by atoms with E-state index in [9.17, 15) is 8.78 Å². The number of aryl methyl sites for hydroxylation is 1. The van der Waals surface area contributed by atoms with E-state index in [2.05, 4.69) is 25.1 Å². The first-order valence-electron chi connectivity index (χ1n) is 10.8. The highest BCUT2D eigenvalue weighted by Gasteiger charge is 2.26. The standard InChI is InChI=1S/C24H26F2N6O2/c1-15-4-5-16(22(27)29-17-6-7-28-21(13-17)24(2,25)26)12-18(15)19-14-20(23(33-3)31-30-19)32-8-10-34-11-9-32/h4-7,12-14H,8-11H2,1-3H3,(H2,27,28,29). The summed E-state index contributed by atoms with van der Waals surface area (Å²) in [5, 5.41) is 8.62. The Balaban J connectivity index is 1.70. The molecule has 0 spiro atoms. The second-order valence-electron chi connectivity index (χ2n) is 8.04. The first-order chi connectivity index (χ1) is 16.3. The van der Waals surface area contributed by atoms with Crippen molar-refractivity contribution >= 4 is 17.2 Å². The molecule has 0 bridgehead atoms. The van der Waals surface area contributed by atoms with E-state index < -0.39 is 5.92 Å².